The summed E-state index contributed by atoms with van der Waals surface area (Å²) >= 11 is 0. The van der Waals surface area contributed by atoms with Crippen molar-refractivity contribution < 1.29 is 40.3 Å². The molecule has 0 atom stereocenters. The van der Waals surface area contributed by atoms with Gasteiger partial charge in [0.15, 0.2) is 0 Å². The number of carbonyl (C=O) groups excluding carboxylic acids is 2. The second kappa shape index (κ2) is 3.46. The summed E-state index contributed by atoms with van der Waals surface area (Å²) in [5.74, 6) is -20.5. The summed E-state index contributed by atoms with van der Waals surface area (Å²) in [4.78, 5) is 19.6. The fourth-order valence-corrected chi connectivity index (χ4v) is 0.486. The molecule has 0 heterocycles. The lowest BCUT2D eigenvalue weighted by molar-refractivity contribution is -0.219. The van der Waals surface area contributed by atoms with Gasteiger partial charge in [-0.2, -0.15) is 30.7 Å². The van der Waals surface area contributed by atoms with E-state index in [-0.39, 0.29) is 0 Å². The number of carbonyl (C=O) groups is 2. The highest BCUT2D eigenvalue weighted by Gasteiger charge is 2.68. The first-order valence-electron chi connectivity index (χ1n) is 3.23. The summed E-state index contributed by atoms with van der Waals surface area (Å²) in [6, 6.07) is -3.71. The Kier molecular flexibility index (Phi) is 3.19. The third-order valence-corrected chi connectivity index (χ3v) is 1.37. The van der Waals surface area contributed by atoms with Gasteiger partial charge >= 0.3 is 23.8 Å². The number of rotatable bonds is 4. The zero-order valence-electron chi connectivity index (χ0n) is 6.96. The maximum atomic E-state index is 12.3. The highest BCUT2D eigenvalue weighted by Crippen LogP contribution is 2.39. The van der Waals surface area contributed by atoms with E-state index in [9.17, 15) is 40.3 Å². The minimum absolute atomic E-state index is 0.510. The molecule has 0 rings (SSSR count). The molecule has 0 saturated heterocycles. The highest BCUT2D eigenvalue weighted by molar-refractivity contribution is 6.08. The summed E-state index contributed by atoms with van der Waals surface area (Å²) in [6.07, 6.45) is 0. The monoisotopic (exact) mass is 240 g/mol. The van der Waals surface area contributed by atoms with Gasteiger partial charge in [-0.25, -0.2) is 0 Å². The van der Waals surface area contributed by atoms with Crippen molar-refractivity contribution in [1.29, 1.82) is 0 Å². The normalized spacial score (nSPS) is 13.9. The number of alkyl halides is 6. The molecule has 2 nitrogen and oxygen atoms in total. The van der Waals surface area contributed by atoms with Crippen LogP contribution in [0.3, 0.4) is 0 Å². The lowest BCUT2D eigenvalue weighted by Crippen LogP contribution is -2.54. The SMILES string of the molecule is CC(F)(F)C(F)(F)C(=O)C(F)(F)C(=O)F. The van der Waals surface area contributed by atoms with Gasteiger partial charge in [0.1, 0.15) is 0 Å². The second-order valence-electron chi connectivity index (χ2n) is 2.64. The summed E-state index contributed by atoms with van der Waals surface area (Å²) < 4.78 is 84.2. The Hall–Kier alpha value is -1.15. The van der Waals surface area contributed by atoms with Gasteiger partial charge in [0.2, 0.25) is 0 Å². The van der Waals surface area contributed by atoms with E-state index in [1.807, 2.05) is 0 Å². The molecule has 0 bridgehead atoms. The average Bonchev–Trinajstić information content (AvgIpc) is 2.00. The number of hydrogen-bond acceptors (Lipinski definition) is 2. The van der Waals surface area contributed by atoms with Gasteiger partial charge in [0, 0.05) is 6.92 Å². The first-order valence-corrected chi connectivity index (χ1v) is 3.23. The number of hydrogen-bond donors (Lipinski definition) is 0. The number of halogens is 7. The van der Waals surface area contributed by atoms with E-state index in [4.69, 9.17) is 0 Å². The van der Waals surface area contributed by atoms with Crippen LogP contribution in [0.25, 0.3) is 0 Å². The lowest BCUT2D eigenvalue weighted by atomic mass is 10.0. The van der Waals surface area contributed by atoms with Crippen LogP contribution in [0.1, 0.15) is 6.92 Å². The van der Waals surface area contributed by atoms with Crippen molar-refractivity contribution in [2.24, 2.45) is 0 Å². The van der Waals surface area contributed by atoms with Crippen molar-refractivity contribution in [1.82, 2.24) is 0 Å². The molecular weight excluding hydrogens is 237 g/mol. The van der Waals surface area contributed by atoms with E-state index in [1.165, 1.54) is 0 Å². The fraction of sp³-hybridized carbons (Fsp3) is 0.667. The van der Waals surface area contributed by atoms with Crippen molar-refractivity contribution in [3.05, 3.63) is 0 Å². The largest absolute Gasteiger partial charge is 0.399 e. The second-order valence-corrected chi connectivity index (χ2v) is 2.64. The Morgan fingerprint density at radius 3 is 1.47 bits per heavy atom. The fourth-order valence-electron chi connectivity index (χ4n) is 0.486. The molecule has 0 radical (unpaired) electrons. The molecule has 15 heavy (non-hydrogen) atoms. The van der Waals surface area contributed by atoms with Crippen LogP contribution in [0.2, 0.25) is 0 Å². The molecule has 0 aliphatic rings. The molecule has 0 aliphatic heterocycles. The predicted molar refractivity (Wildman–Crippen MR) is 31.6 cm³/mol. The molecule has 9 heteroatoms. The molecule has 0 saturated carbocycles. The highest BCUT2D eigenvalue weighted by atomic mass is 19.3. The first kappa shape index (κ1) is 13.8. The molecule has 0 fully saturated rings. The minimum atomic E-state index is -5.82. The van der Waals surface area contributed by atoms with Gasteiger partial charge in [0.05, 0.1) is 0 Å². The summed E-state index contributed by atoms with van der Waals surface area (Å²) in [7, 11) is 0. The van der Waals surface area contributed by atoms with E-state index < -0.39 is 36.5 Å². The third kappa shape index (κ3) is 2.26. The van der Waals surface area contributed by atoms with Gasteiger partial charge in [-0.1, -0.05) is 0 Å². The molecule has 88 valence electrons. The Morgan fingerprint density at radius 1 is 0.933 bits per heavy atom. The number of ketones is 1. The van der Waals surface area contributed by atoms with E-state index in [1.54, 1.807) is 0 Å². The standard InChI is InChI=1S/C6H3F7O2/c1-4(8,9)6(12,13)2(14)5(10,11)3(7)15/h1H3. The van der Waals surface area contributed by atoms with Crippen LogP contribution in [0.15, 0.2) is 0 Å². The maximum absolute atomic E-state index is 12.3. The van der Waals surface area contributed by atoms with Crippen molar-refractivity contribution >= 4 is 11.8 Å². The smallest absolute Gasteiger partial charge is 0.285 e. The van der Waals surface area contributed by atoms with Crippen LogP contribution in [0.4, 0.5) is 30.7 Å². The molecule has 0 aliphatic carbocycles. The van der Waals surface area contributed by atoms with Crippen LogP contribution in [0, 0.1) is 0 Å². The summed E-state index contributed by atoms with van der Waals surface area (Å²) in [5, 5.41) is 0. The molecule has 0 aromatic carbocycles. The Balaban J connectivity index is 5.29. The lowest BCUT2D eigenvalue weighted by Gasteiger charge is -2.23. The maximum Gasteiger partial charge on any atom is 0.399 e. The van der Waals surface area contributed by atoms with Crippen LogP contribution >= 0.6 is 0 Å². The van der Waals surface area contributed by atoms with E-state index >= 15 is 0 Å². The molecule has 0 aromatic rings. The first-order chi connectivity index (χ1) is 6.35. The van der Waals surface area contributed by atoms with Gasteiger partial charge in [-0.05, 0) is 0 Å². The van der Waals surface area contributed by atoms with Gasteiger partial charge in [-0.15, -0.1) is 0 Å². The quantitative estimate of drug-likeness (QED) is 0.427. The Bertz CT molecular complexity index is 290. The topological polar surface area (TPSA) is 34.1 Å². The Morgan fingerprint density at radius 2 is 1.27 bits per heavy atom. The third-order valence-electron chi connectivity index (χ3n) is 1.37. The molecule has 0 unspecified atom stereocenters. The van der Waals surface area contributed by atoms with Crippen LogP contribution in [-0.2, 0) is 9.59 Å². The number of Topliss-reactive ketones (excluding diaryl/α,β-unsaturated/α-hetero) is 1. The molecule has 0 N–H and O–H groups in total. The van der Waals surface area contributed by atoms with E-state index in [0.717, 1.165) is 0 Å². The summed E-state index contributed by atoms with van der Waals surface area (Å²) in [5.41, 5.74) is 0. The van der Waals surface area contributed by atoms with Crippen LogP contribution in [0.5, 0.6) is 0 Å². The zero-order valence-corrected chi connectivity index (χ0v) is 6.96. The minimum Gasteiger partial charge on any atom is -0.285 e. The predicted octanol–water partition coefficient (Wildman–Crippen LogP) is 1.98. The van der Waals surface area contributed by atoms with Crippen molar-refractivity contribution in [3.63, 3.8) is 0 Å². The summed E-state index contributed by atoms with van der Waals surface area (Å²) in [6.45, 7) is -0.510. The van der Waals surface area contributed by atoms with Gasteiger partial charge in [-0.3, -0.25) is 9.59 Å². The zero-order chi connectivity index (χ0) is 12.7. The van der Waals surface area contributed by atoms with Crippen LogP contribution in [-0.4, -0.2) is 29.6 Å². The van der Waals surface area contributed by atoms with Crippen molar-refractivity contribution in [3.8, 4) is 0 Å². The van der Waals surface area contributed by atoms with E-state index in [0.29, 0.717) is 0 Å². The van der Waals surface area contributed by atoms with Crippen LogP contribution < -0.4 is 0 Å². The van der Waals surface area contributed by atoms with Gasteiger partial charge < -0.3 is 0 Å². The Labute approximate surface area is 78.0 Å². The molecular formula is C6H3F7O2. The molecule has 0 aromatic heterocycles. The van der Waals surface area contributed by atoms with E-state index in [2.05, 4.69) is 0 Å². The van der Waals surface area contributed by atoms with Crippen molar-refractivity contribution in [2.75, 3.05) is 0 Å². The molecule has 0 amide bonds. The van der Waals surface area contributed by atoms with Gasteiger partial charge in [0.25, 0.3) is 5.78 Å². The average molecular weight is 240 g/mol. The molecule has 0 spiro atoms. The van der Waals surface area contributed by atoms with Crippen molar-refractivity contribution in [2.45, 2.75) is 24.7 Å².